The van der Waals surface area contributed by atoms with E-state index in [4.69, 9.17) is 12.3 Å². The molecule has 0 saturated carbocycles. The van der Waals surface area contributed by atoms with Gasteiger partial charge in [0.15, 0.2) is 9.76 Å². The molecule has 4 aromatic carbocycles. The van der Waals surface area contributed by atoms with Crippen molar-refractivity contribution in [2.45, 2.75) is 0 Å². The van der Waals surface area contributed by atoms with Crippen LogP contribution in [0.2, 0.25) is 0 Å². The van der Waals surface area contributed by atoms with E-state index in [0.29, 0.717) is 0 Å². The van der Waals surface area contributed by atoms with Crippen LogP contribution in [0.1, 0.15) is 0 Å². The Morgan fingerprint density at radius 2 is 1.40 bits per heavy atom. The Morgan fingerprint density at radius 1 is 0.640 bits per heavy atom. The van der Waals surface area contributed by atoms with E-state index >= 15 is 0 Å². The van der Waals surface area contributed by atoms with E-state index in [9.17, 15) is 0 Å². The maximum absolute atomic E-state index is 5.94. The maximum Gasteiger partial charge on any atom is 0.284 e. The third-order valence-corrected chi connectivity index (χ3v) is 9.15. The average Bonchev–Trinajstić information content (AvgIpc) is 2.66. The van der Waals surface area contributed by atoms with Crippen molar-refractivity contribution in [2.24, 2.45) is 0 Å². The molecular weight excluding hydrogens is 377 g/mol. The molecule has 4 rings (SSSR count). The van der Waals surface area contributed by atoms with Crippen molar-refractivity contribution >= 4 is 77.8 Å². The van der Waals surface area contributed by atoms with E-state index < -0.39 is 29.8 Å². The molecule has 0 aliphatic carbocycles. The highest BCUT2D eigenvalue weighted by Gasteiger charge is 2.06. The van der Waals surface area contributed by atoms with E-state index in [2.05, 4.69) is 66.7 Å². The minimum Gasteiger partial charge on any atom is -0.449 e. The fourth-order valence-electron chi connectivity index (χ4n) is 3.30. The van der Waals surface area contributed by atoms with Crippen molar-refractivity contribution in [3.8, 4) is 0 Å². The molecule has 126 valence electrons. The summed E-state index contributed by atoms with van der Waals surface area (Å²) >= 11 is 0. The van der Waals surface area contributed by atoms with Gasteiger partial charge in [-0.1, -0.05) is 54.6 Å². The van der Waals surface area contributed by atoms with Crippen molar-refractivity contribution in [1.82, 2.24) is 0 Å². The van der Waals surface area contributed by atoms with E-state index in [0.717, 1.165) is 10.5 Å². The van der Waals surface area contributed by atoms with Crippen LogP contribution in [0.4, 0.5) is 0 Å². The van der Waals surface area contributed by atoms with Gasteiger partial charge in [-0.05, 0) is 49.6 Å². The molecule has 0 saturated heterocycles. The molecule has 0 amide bonds. The molecule has 0 spiro atoms. The molecule has 0 fully saturated rings. The second-order valence-corrected chi connectivity index (χ2v) is 13.2. The first-order valence-electron chi connectivity index (χ1n) is 8.34. The fraction of sp³-hybridized carbons (Fsp3) is 0. The van der Waals surface area contributed by atoms with E-state index in [-0.39, 0.29) is 0 Å². The van der Waals surface area contributed by atoms with Gasteiger partial charge in [0.25, 0.3) is 20.0 Å². The summed E-state index contributed by atoms with van der Waals surface area (Å²) in [6.45, 7) is 0. The monoisotopic (exact) mass is 396 g/mol. The predicted octanol–water partition coefficient (Wildman–Crippen LogP) is 0.183. The molecule has 0 radical (unpaired) electrons. The third-order valence-electron chi connectivity index (χ3n) is 4.46. The zero-order valence-corrected chi connectivity index (χ0v) is 20.4. The summed E-state index contributed by atoms with van der Waals surface area (Å²) in [5.41, 5.74) is 0. The lowest BCUT2D eigenvalue weighted by molar-refractivity contribution is 0.441. The van der Waals surface area contributed by atoms with Crippen molar-refractivity contribution in [2.75, 3.05) is 0 Å². The Labute approximate surface area is 156 Å². The summed E-state index contributed by atoms with van der Waals surface area (Å²) in [5, 5.41) is 9.18. The van der Waals surface area contributed by atoms with Gasteiger partial charge >= 0.3 is 0 Å². The zero-order valence-electron chi connectivity index (χ0n) is 14.2. The Hall–Kier alpha value is -1.59. The third kappa shape index (κ3) is 3.53. The SMILES string of the molecule is [SiH3]O[SiH2]O[SiH2]O[SiH2]c1cccc2cc3c(ccc4ccccc43)cc12. The Balaban J connectivity index is 1.74. The Kier molecular flexibility index (Phi) is 5.22. The van der Waals surface area contributed by atoms with E-state index in [1.54, 1.807) is 0 Å². The number of fused-ring (bicyclic) bond motifs is 4. The summed E-state index contributed by atoms with van der Waals surface area (Å²) in [7, 11) is -1.59. The van der Waals surface area contributed by atoms with Crippen LogP contribution in [0.25, 0.3) is 32.3 Å². The number of benzene rings is 4. The molecule has 4 aromatic rings. The quantitative estimate of drug-likeness (QED) is 0.201. The van der Waals surface area contributed by atoms with Crippen LogP contribution in [-0.2, 0) is 12.3 Å². The van der Waals surface area contributed by atoms with Crippen molar-refractivity contribution in [1.29, 1.82) is 0 Å². The molecule has 0 bridgehead atoms. The topological polar surface area (TPSA) is 27.7 Å². The molecule has 0 atom stereocenters. The van der Waals surface area contributed by atoms with Crippen molar-refractivity contribution < 1.29 is 12.3 Å². The van der Waals surface area contributed by atoms with Gasteiger partial charge in [-0.15, -0.1) is 0 Å². The highest BCUT2D eigenvalue weighted by Crippen LogP contribution is 2.28. The first-order valence-corrected chi connectivity index (χ1v) is 12.8. The van der Waals surface area contributed by atoms with Gasteiger partial charge in [-0.3, -0.25) is 0 Å². The fourth-order valence-corrected chi connectivity index (χ4v) is 9.18. The summed E-state index contributed by atoms with van der Waals surface area (Å²) in [6, 6.07) is 24.2. The molecule has 0 heterocycles. The molecule has 0 N–H and O–H groups in total. The molecule has 0 aliphatic heterocycles. The summed E-state index contributed by atoms with van der Waals surface area (Å²) < 4.78 is 16.6. The van der Waals surface area contributed by atoms with Crippen LogP contribution >= 0.6 is 0 Å². The summed E-state index contributed by atoms with van der Waals surface area (Å²) in [5.74, 6) is 0. The lowest BCUT2D eigenvalue weighted by Gasteiger charge is -2.10. The smallest absolute Gasteiger partial charge is 0.284 e. The largest absolute Gasteiger partial charge is 0.449 e. The Morgan fingerprint density at radius 3 is 2.32 bits per heavy atom. The highest BCUT2D eigenvalue weighted by molar-refractivity contribution is 6.57. The van der Waals surface area contributed by atoms with Crippen LogP contribution in [0.3, 0.4) is 0 Å². The highest BCUT2D eigenvalue weighted by atomic mass is 28.4. The number of rotatable bonds is 6. The Bertz CT molecular complexity index is 1040. The van der Waals surface area contributed by atoms with Crippen molar-refractivity contribution in [3.05, 3.63) is 66.7 Å². The first-order chi connectivity index (χ1) is 12.4. The second kappa shape index (κ2) is 7.75. The average molecular weight is 397 g/mol. The molecule has 0 aliphatic rings. The van der Waals surface area contributed by atoms with Crippen LogP contribution in [0.5, 0.6) is 0 Å². The number of hydrogen-bond acceptors (Lipinski definition) is 3. The van der Waals surface area contributed by atoms with Gasteiger partial charge in [-0.25, -0.2) is 0 Å². The van der Waals surface area contributed by atoms with Crippen LogP contribution in [-0.4, -0.2) is 40.3 Å². The van der Waals surface area contributed by atoms with Gasteiger partial charge in [0.05, 0.1) is 0 Å². The van der Waals surface area contributed by atoms with Crippen molar-refractivity contribution in [3.63, 3.8) is 0 Å². The minimum absolute atomic E-state index is 0.747. The zero-order chi connectivity index (χ0) is 17.1. The molecular formula is C18H20O3Si4. The van der Waals surface area contributed by atoms with Crippen LogP contribution < -0.4 is 5.19 Å². The molecule has 7 heteroatoms. The van der Waals surface area contributed by atoms with Gasteiger partial charge < -0.3 is 12.3 Å². The predicted molar refractivity (Wildman–Crippen MR) is 117 cm³/mol. The normalized spacial score (nSPS) is 13.1. The van der Waals surface area contributed by atoms with Gasteiger partial charge in [0.1, 0.15) is 10.5 Å². The lowest BCUT2D eigenvalue weighted by Crippen LogP contribution is -2.22. The first kappa shape index (κ1) is 16.9. The number of hydrogen-bond donors (Lipinski definition) is 0. The lowest BCUT2D eigenvalue weighted by atomic mass is 9.98. The maximum atomic E-state index is 5.94. The van der Waals surface area contributed by atoms with Gasteiger partial charge in [0, 0.05) is 0 Å². The summed E-state index contributed by atoms with van der Waals surface area (Å²) in [4.78, 5) is 0. The molecule has 0 unspecified atom stereocenters. The van der Waals surface area contributed by atoms with Crippen LogP contribution in [0, 0.1) is 0 Å². The van der Waals surface area contributed by atoms with Gasteiger partial charge in [-0.2, -0.15) is 0 Å². The van der Waals surface area contributed by atoms with E-state index in [1.165, 1.54) is 37.5 Å². The molecule has 25 heavy (non-hydrogen) atoms. The standard InChI is InChI=1S/C18H20O3Si4/c22-19-24-21-25-20-23-18-7-3-5-13-10-16-14(11-17(13)18)9-8-12-4-1-2-6-15(12)16/h1-11H,23-25H2,22H3. The van der Waals surface area contributed by atoms with Gasteiger partial charge in [0.2, 0.25) is 0 Å². The minimum atomic E-state index is -0.858. The molecule has 3 nitrogen and oxygen atoms in total. The molecule has 0 aromatic heterocycles. The van der Waals surface area contributed by atoms with Crippen LogP contribution in [0.15, 0.2) is 66.7 Å². The second-order valence-electron chi connectivity index (χ2n) is 6.08. The summed E-state index contributed by atoms with van der Waals surface area (Å²) in [6.07, 6.45) is 0. The van der Waals surface area contributed by atoms with E-state index in [1.807, 2.05) is 0 Å².